The smallest absolute Gasteiger partial charge is 0.335 e. The number of carbonyl (C=O) groups is 1. The third kappa shape index (κ3) is 1.11. The molecule has 3 heteroatoms. The predicted molar refractivity (Wildman–Crippen MR) is 44.5 cm³/mol. The van der Waals surface area contributed by atoms with Crippen LogP contribution in [0, 0.1) is 5.92 Å². The second-order valence-corrected chi connectivity index (χ2v) is 3.21. The van der Waals surface area contributed by atoms with Gasteiger partial charge in [0.25, 0.3) is 0 Å². The van der Waals surface area contributed by atoms with E-state index in [0.717, 1.165) is 25.1 Å². The molecule has 0 amide bonds. The van der Waals surface area contributed by atoms with E-state index in [4.69, 9.17) is 5.11 Å². The van der Waals surface area contributed by atoms with Crippen LogP contribution in [0.25, 0.3) is 0 Å². The summed E-state index contributed by atoms with van der Waals surface area (Å²) in [6.07, 6.45) is 5.57. The summed E-state index contributed by atoms with van der Waals surface area (Å²) in [7, 11) is 0. The molecule has 0 spiro atoms. The first-order valence-electron chi connectivity index (χ1n) is 4.16. The summed E-state index contributed by atoms with van der Waals surface area (Å²) in [6.45, 7) is 0.983. The molecule has 2 rings (SSSR count). The molecule has 1 atom stereocenters. The van der Waals surface area contributed by atoms with Crippen LogP contribution in [0.2, 0.25) is 0 Å². The minimum atomic E-state index is -0.824. The highest BCUT2D eigenvalue weighted by Crippen LogP contribution is 2.28. The standard InChI is InChI=1S/C9H11NO2/c11-9(12)7-2-1-6-3-4-10-8(6)5-7/h2,5-6,10H,1,3-4H2,(H,11,12). The molecule has 0 aromatic carbocycles. The van der Waals surface area contributed by atoms with E-state index in [2.05, 4.69) is 5.32 Å². The van der Waals surface area contributed by atoms with Crippen LogP contribution in [0.1, 0.15) is 12.8 Å². The minimum Gasteiger partial charge on any atom is -0.478 e. The number of carboxylic acid groups (broad SMARTS) is 1. The van der Waals surface area contributed by atoms with Crippen molar-refractivity contribution >= 4 is 5.97 Å². The van der Waals surface area contributed by atoms with Crippen LogP contribution in [-0.4, -0.2) is 17.6 Å². The largest absolute Gasteiger partial charge is 0.478 e. The van der Waals surface area contributed by atoms with Gasteiger partial charge in [0.2, 0.25) is 0 Å². The van der Waals surface area contributed by atoms with E-state index in [1.54, 1.807) is 6.08 Å². The average Bonchev–Trinajstić information content (AvgIpc) is 2.49. The van der Waals surface area contributed by atoms with Crippen molar-refractivity contribution in [1.29, 1.82) is 0 Å². The van der Waals surface area contributed by atoms with Crippen LogP contribution in [0.5, 0.6) is 0 Å². The summed E-state index contributed by atoms with van der Waals surface area (Å²) in [5.41, 5.74) is 1.53. The molecule has 1 fully saturated rings. The van der Waals surface area contributed by atoms with Crippen LogP contribution < -0.4 is 5.32 Å². The predicted octanol–water partition coefficient (Wildman–Crippen LogP) is 0.895. The third-order valence-corrected chi connectivity index (χ3v) is 2.44. The lowest BCUT2D eigenvalue weighted by atomic mass is 9.93. The Labute approximate surface area is 70.8 Å². The number of hydrogen-bond donors (Lipinski definition) is 2. The zero-order valence-corrected chi connectivity index (χ0v) is 6.71. The van der Waals surface area contributed by atoms with Crippen molar-refractivity contribution in [3.8, 4) is 0 Å². The number of fused-ring (bicyclic) bond motifs is 1. The van der Waals surface area contributed by atoms with E-state index in [-0.39, 0.29) is 0 Å². The molecule has 0 radical (unpaired) electrons. The third-order valence-electron chi connectivity index (χ3n) is 2.44. The summed E-state index contributed by atoms with van der Waals surface area (Å²) in [4.78, 5) is 10.6. The van der Waals surface area contributed by atoms with Crippen LogP contribution in [-0.2, 0) is 4.79 Å². The van der Waals surface area contributed by atoms with Crippen molar-refractivity contribution in [2.45, 2.75) is 12.8 Å². The van der Waals surface area contributed by atoms with Gasteiger partial charge in [0.15, 0.2) is 0 Å². The van der Waals surface area contributed by atoms with Crippen molar-refractivity contribution in [3.63, 3.8) is 0 Å². The van der Waals surface area contributed by atoms with Gasteiger partial charge in [-0.05, 0) is 18.9 Å². The van der Waals surface area contributed by atoms with Crippen molar-refractivity contribution in [3.05, 3.63) is 23.4 Å². The van der Waals surface area contributed by atoms with E-state index >= 15 is 0 Å². The molecular formula is C9H11NO2. The van der Waals surface area contributed by atoms with Gasteiger partial charge in [-0.15, -0.1) is 0 Å². The molecule has 0 bridgehead atoms. The van der Waals surface area contributed by atoms with Crippen molar-refractivity contribution < 1.29 is 9.90 Å². The first-order valence-corrected chi connectivity index (χ1v) is 4.16. The van der Waals surface area contributed by atoms with Crippen molar-refractivity contribution in [1.82, 2.24) is 5.32 Å². The Balaban J connectivity index is 2.22. The fourth-order valence-corrected chi connectivity index (χ4v) is 1.75. The van der Waals surface area contributed by atoms with Crippen LogP contribution in [0.3, 0.4) is 0 Å². The summed E-state index contributed by atoms with van der Waals surface area (Å²) in [5.74, 6) is -0.275. The van der Waals surface area contributed by atoms with Gasteiger partial charge in [-0.3, -0.25) is 0 Å². The minimum absolute atomic E-state index is 0.427. The van der Waals surface area contributed by atoms with Crippen LogP contribution in [0.4, 0.5) is 0 Å². The summed E-state index contributed by atoms with van der Waals surface area (Å²) in [5, 5.41) is 11.9. The Morgan fingerprint density at radius 1 is 1.67 bits per heavy atom. The summed E-state index contributed by atoms with van der Waals surface area (Å²) >= 11 is 0. The maximum Gasteiger partial charge on any atom is 0.335 e. The molecule has 1 aliphatic heterocycles. The first-order chi connectivity index (χ1) is 5.77. The quantitative estimate of drug-likeness (QED) is 0.606. The molecule has 0 aromatic heterocycles. The zero-order valence-electron chi connectivity index (χ0n) is 6.71. The summed E-state index contributed by atoms with van der Waals surface area (Å²) in [6, 6.07) is 0. The molecular weight excluding hydrogens is 154 g/mol. The number of hydrogen-bond acceptors (Lipinski definition) is 2. The lowest BCUT2D eigenvalue weighted by molar-refractivity contribution is -0.132. The second kappa shape index (κ2) is 2.66. The highest BCUT2D eigenvalue weighted by molar-refractivity contribution is 5.90. The number of aliphatic carboxylic acids is 1. The van der Waals surface area contributed by atoms with Gasteiger partial charge < -0.3 is 10.4 Å². The summed E-state index contributed by atoms with van der Waals surface area (Å²) < 4.78 is 0. The van der Waals surface area contributed by atoms with E-state index in [9.17, 15) is 4.79 Å². The van der Waals surface area contributed by atoms with E-state index in [1.807, 2.05) is 6.08 Å². The number of nitrogens with one attached hydrogen (secondary N) is 1. The zero-order chi connectivity index (χ0) is 8.55. The number of rotatable bonds is 1. The molecule has 0 saturated carbocycles. The monoisotopic (exact) mass is 165 g/mol. The Morgan fingerprint density at radius 2 is 2.50 bits per heavy atom. The maximum atomic E-state index is 10.6. The number of carboxylic acids is 1. The highest BCUT2D eigenvalue weighted by Gasteiger charge is 2.24. The lowest BCUT2D eigenvalue weighted by Crippen LogP contribution is -2.12. The Hall–Kier alpha value is -1.25. The second-order valence-electron chi connectivity index (χ2n) is 3.21. The maximum absolute atomic E-state index is 10.6. The van der Waals surface area contributed by atoms with Gasteiger partial charge in [0, 0.05) is 18.2 Å². The van der Waals surface area contributed by atoms with Crippen LogP contribution >= 0.6 is 0 Å². The van der Waals surface area contributed by atoms with Gasteiger partial charge in [-0.1, -0.05) is 6.08 Å². The van der Waals surface area contributed by atoms with Crippen molar-refractivity contribution in [2.24, 2.45) is 5.92 Å². The molecule has 1 unspecified atom stereocenters. The Bertz CT molecular complexity index is 278. The highest BCUT2D eigenvalue weighted by atomic mass is 16.4. The SMILES string of the molecule is O=C(O)C1=CCC2CCNC2=C1. The first kappa shape index (κ1) is 7.40. The molecule has 3 nitrogen and oxygen atoms in total. The molecule has 1 aliphatic carbocycles. The number of allylic oxidation sites excluding steroid dienone is 2. The van der Waals surface area contributed by atoms with Gasteiger partial charge in [-0.2, -0.15) is 0 Å². The molecule has 1 saturated heterocycles. The van der Waals surface area contributed by atoms with Gasteiger partial charge in [-0.25, -0.2) is 4.79 Å². The molecule has 64 valence electrons. The molecule has 1 heterocycles. The average molecular weight is 165 g/mol. The molecule has 0 aromatic rings. The molecule has 2 aliphatic rings. The topological polar surface area (TPSA) is 49.3 Å². The lowest BCUT2D eigenvalue weighted by Gasteiger charge is -2.14. The van der Waals surface area contributed by atoms with E-state index in [0.29, 0.717) is 11.5 Å². The Morgan fingerprint density at radius 3 is 3.25 bits per heavy atom. The van der Waals surface area contributed by atoms with Gasteiger partial charge in [0.1, 0.15) is 0 Å². The fourth-order valence-electron chi connectivity index (χ4n) is 1.75. The van der Waals surface area contributed by atoms with E-state index in [1.165, 1.54) is 0 Å². The van der Waals surface area contributed by atoms with Crippen LogP contribution in [0.15, 0.2) is 23.4 Å². The van der Waals surface area contributed by atoms with Gasteiger partial charge >= 0.3 is 5.97 Å². The Kier molecular flexibility index (Phi) is 1.64. The molecule has 2 N–H and O–H groups in total. The van der Waals surface area contributed by atoms with Gasteiger partial charge in [0.05, 0.1) is 5.57 Å². The van der Waals surface area contributed by atoms with E-state index < -0.39 is 5.97 Å². The molecule has 12 heavy (non-hydrogen) atoms. The normalized spacial score (nSPS) is 26.8. The fraction of sp³-hybridized carbons (Fsp3) is 0.444. The van der Waals surface area contributed by atoms with Crippen molar-refractivity contribution in [2.75, 3.05) is 6.54 Å².